The molecule has 1 aromatic carbocycles. The highest BCUT2D eigenvalue weighted by Crippen LogP contribution is 2.36. The minimum atomic E-state index is -0.134. The molecule has 2 aliphatic heterocycles. The lowest BCUT2D eigenvalue weighted by Crippen LogP contribution is -2.60. The highest BCUT2D eigenvalue weighted by atomic mass is 16.2. The van der Waals surface area contributed by atoms with Gasteiger partial charge in [-0.1, -0.05) is 58.0 Å². The van der Waals surface area contributed by atoms with Crippen LogP contribution in [0.1, 0.15) is 74.7 Å². The van der Waals surface area contributed by atoms with Crippen LogP contribution < -0.4 is 0 Å². The van der Waals surface area contributed by atoms with Gasteiger partial charge in [-0.2, -0.15) is 0 Å². The molecule has 4 heterocycles. The third kappa shape index (κ3) is 7.07. The van der Waals surface area contributed by atoms with E-state index in [-0.39, 0.29) is 18.0 Å². The summed E-state index contributed by atoms with van der Waals surface area (Å²) in [5.74, 6) is 0.753. The summed E-state index contributed by atoms with van der Waals surface area (Å²) in [7, 11) is 2.11. The number of carbonyl (C=O) groups excluding carboxylic acids is 1. The van der Waals surface area contributed by atoms with E-state index >= 15 is 0 Å². The van der Waals surface area contributed by atoms with Crippen molar-refractivity contribution in [2.24, 2.45) is 5.92 Å². The molecule has 1 aliphatic carbocycles. The van der Waals surface area contributed by atoms with Crippen molar-refractivity contribution in [2.45, 2.75) is 78.9 Å². The van der Waals surface area contributed by atoms with Crippen molar-refractivity contribution in [3.63, 3.8) is 0 Å². The minimum Gasteiger partial charge on any atom is -0.341 e. The van der Waals surface area contributed by atoms with Crippen LogP contribution in [0, 0.1) is 12.8 Å². The number of hydrogen-bond donors (Lipinski definition) is 0. The van der Waals surface area contributed by atoms with Gasteiger partial charge in [0.25, 0.3) is 0 Å². The molecule has 2 aromatic heterocycles. The Morgan fingerprint density at radius 1 is 0.927 bits per heavy atom. The molecule has 3 aliphatic rings. The van der Waals surface area contributed by atoms with Crippen molar-refractivity contribution < 1.29 is 4.79 Å². The fraction of sp³-hybridized carbons (Fsp3) is 0.559. The quantitative estimate of drug-likeness (QED) is 0.430. The number of aromatic nitrogens is 3. The lowest BCUT2D eigenvalue weighted by Gasteiger charge is -2.45. The minimum absolute atomic E-state index is 0.0949. The summed E-state index contributed by atoms with van der Waals surface area (Å²) < 4.78 is 2.18. The second-order valence-corrected chi connectivity index (χ2v) is 11.1. The van der Waals surface area contributed by atoms with Gasteiger partial charge in [-0.3, -0.25) is 19.6 Å². The van der Waals surface area contributed by atoms with Gasteiger partial charge in [0.15, 0.2) is 0 Å². The molecule has 0 N–H and O–H groups in total. The first-order chi connectivity index (χ1) is 20.1. The van der Waals surface area contributed by atoms with Crippen molar-refractivity contribution >= 4 is 5.91 Å². The van der Waals surface area contributed by atoms with Crippen molar-refractivity contribution in [3.05, 3.63) is 83.2 Å². The number of benzene rings is 1. The highest BCUT2D eigenvalue weighted by molar-refractivity contribution is 5.82. The van der Waals surface area contributed by atoms with Crippen LogP contribution >= 0.6 is 0 Å². The van der Waals surface area contributed by atoms with Crippen LogP contribution in [0.4, 0.5) is 0 Å². The van der Waals surface area contributed by atoms with E-state index in [4.69, 9.17) is 4.98 Å². The number of likely N-dealkylation sites (tertiary alicyclic amines) is 1. The molecule has 0 radical (unpaired) electrons. The standard InChI is InChI=1S/C30H38N6O.2C2H6/c1-22-17-34(21-32-22)18-23-7-6-14-36(19-23)30(37)27-20-35(16-15-33(27)2)29-26-10-4-3-8-24(26)11-12-25-9-5-13-31-28(25)29;2*1-2/h3-5,8-10,13,17,21,23,27,29H,6-7,11-12,14-16,18-20H2,1-2H3;2*1-2H3/t23-,27+,29+;;/m0../s1. The molecule has 2 saturated heterocycles. The monoisotopic (exact) mass is 558 g/mol. The molecule has 0 spiro atoms. The maximum absolute atomic E-state index is 14.0. The SMILES string of the molecule is CC.CC.Cc1cn(C[C@@H]2CCCN(C(=O)[C@H]3CN([C@@H]4c5ccccc5CCc5cccnc54)CCN3C)C2)cn1. The second-order valence-electron chi connectivity index (χ2n) is 11.1. The van der Waals surface area contributed by atoms with Gasteiger partial charge >= 0.3 is 0 Å². The average Bonchev–Trinajstić information content (AvgIpc) is 3.35. The van der Waals surface area contributed by atoms with Crippen LogP contribution in [0.2, 0.25) is 0 Å². The summed E-state index contributed by atoms with van der Waals surface area (Å²) >= 11 is 0. The number of aryl methyl sites for hydroxylation is 3. The average molecular weight is 559 g/mol. The number of nitrogens with zero attached hydrogens (tertiary/aromatic N) is 6. The van der Waals surface area contributed by atoms with E-state index in [1.54, 1.807) is 0 Å². The van der Waals surface area contributed by atoms with E-state index < -0.39 is 0 Å². The maximum Gasteiger partial charge on any atom is 0.241 e. The van der Waals surface area contributed by atoms with Crippen LogP contribution in [0.25, 0.3) is 0 Å². The van der Waals surface area contributed by atoms with E-state index in [9.17, 15) is 4.79 Å². The summed E-state index contributed by atoms with van der Waals surface area (Å²) in [5.41, 5.74) is 6.30. The number of pyridine rings is 1. The van der Waals surface area contributed by atoms with Gasteiger partial charge in [-0.05, 0) is 68.3 Å². The summed E-state index contributed by atoms with van der Waals surface area (Å²) in [6.07, 6.45) is 10.2. The second kappa shape index (κ2) is 14.7. The van der Waals surface area contributed by atoms with E-state index in [1.165, 1.54) is 16.7 Å². The fourth-order valence-corrected chi connectivity index (χ4v) is 6.61. The number of fused-ring (bicyclic) bond motifs is 2. The normalized spacial score (nSPS) is 22.7. The van der Waals surface area contributed by atoms with Gasteiger partial charge in [-0.15, -0.1) is 0 Å². The number of rotatable bonds is 4. The Balaban J connectivity index is 0.000000929. The Bertz CT molecular complexity index is 1210. The first-order valence-corrected chi connectivity index (χ1v) is 15.8. The van der Waals surface area contributed by atoms with Crippen LogP contribution in [0.3, 0.4) is 0 Å². The van der Waals surface area contributed by atoms with Gasteiger partial charge in [0.05, 0.1) is 23.8 Å². The maximum atomic E-state index is 14.0. The molecule has 6 rings (SSSR count). The number of hydrogen-bond acceptors (Lipinski definition) is 5. The predicted molar refractivity (Wildman–Crippen MR) is 167 cm³/mol. The first-order valence-electron chi connectivity index (χ1n) is 15.8. The molecular formula is C34H50N6O. The molecule has 222 valence electrons. The molecule has 3 aromatic rings. The van der Waals surface area contributed by atoms with Crippen molar-refractivity contribution in [1.29, 1.82) is 0 Å². The number of piperazine rings is 1. The summed E-state index contributed by atoms with van der Waals surface area (Å²) in [5, 5.41) is 0. The molecule has 0 bridgehead atoms. The van der Waals surface area contributed by atoms with Crippen molar-refractivity contribution in [3.8, 4) is 0 Å². The van der Waals surface area contributed by atoms with E-state index in [1.807, 2.05) is 47.1 Å². The van der Waals surface area contributed by atoms with Crippen LogP contribution in [-0.4, -0.2) is 81.0 Å². The topological polar surface area (TPSA) is 57.5 Å². The Labute approximate surface area is 247 Å². The molecule has 7 nitrogen and oxygen atoms in total. The predicted octanol–water partition coefficient (Wildman–Crippen LogP) is 5.38. The number of amides is 1. The Morgan fingerprint density at radius 3 is 2.46 bits per heavy atom. The van der Waals surface area contributed by atoms with Crippen molar-refractivity contribution in [2.75, 3.05) is 39.8 Å². The summed E-state index contributed by atoms with van der Waals surface area (Å²) in [6, 6.07) is 13.1. The molecule has 1 amide bonds. The van der Waals surface area contributed by atoms with Crippen LogP contribution in [0.5, 0.6) is 0 Å². The molecular weight excluding hydrogens is 508 g/mol. The number of likely N-dealkylation sites (N-methyl/N-ethyl adjacent to an activating group) is 1. The Morgan fingerprint density at radius 2 is 1.68 bits per heavy atom. The molecule has 7 heteroatoms. The molecule has 0 unspecified atom stereocenters. The van der Waals surface area contributed by atoms with Crippen molar-refractivity contribution in [1.82, 2.24) is 29.2 Å². The van der Waals surface area contributed by atoms with Crippen LogP contribution in [-0.2, 0) is 24.2 Å². The zero-order valence-electron chi connectivity index (χ0n) is 26.1. The smallest absolute Gasteiger partial charge is 0.241 e. The Kier molecular flexibility index (Phi) is 11.1. The zero-order chi connectivity index (χ0) is 29.4. The Hall–Kier alpha value is -3.03. The lowest BCUT2D eigenvalue weighted by molar-refractivity contribution is -0.141. The third-order valence-electron chi connectivity index (χ3n) is 8.59. The number of piperidine rings is 1. The largest absolute Gasteiger partial charge is 0.341 e. The van der Waals surface area contributed by atoms with Gasteiger partial charge in [0.2, 0.25) is 5.91 Å². The first kappa shape index (κ1) is 30.9. The molecule has 2 fully saturated rings. The number of imidazole rings is 1. The van der Waals surface area contributed by atoms with E-state index in [2.05, 4.69) is 73.9 Å². The third-order valence-corrected chi connectivity index (χ3v) is 8.59. The van der Waals surface area contributed by atoms with Crippen LogP contribution in [0.15, 0.2) is 55.1 Å². The van der Waals surface area contributed by atoms with Gasteiger partial charge in [0.1, 0.15) is 6.04 Å². The molecule has 0 saturated carbocycles. The van der Waals surface area contributed by atoms with E-state index in [0.29, 0.717) is 5.92 Å². The highest BCUT2D eigenvalue weighted by Gasteiger charge is 2.39. The lowest BCUT2D eigenvalue weighted by atomic mass is 9.94. The zero-order valence-corrected chi connectivity index (χ0v) is 26.1. The molecule has 41 heavy (non-hydrogen) atoms. The summed E-state index contributed by atoms with van der Waals surface area (Å²) in [6.45, 7) is 15.2. The van der Waals surface area contributed by atoms with E-state index in [0.717, 1.165) is 76.3 Å². The van der Waals surface area contributed by atoms with Gasteiger partial charge in [-0.25, -0.2) is 4.98 Å². The summed E-state index contributed by atoms with van der Waals surface area (Å²) in [4.78, 5) is 30.2. The fourth-order valence-electron chi connectivity index (χ4n) is 6.61. The number of carbonyl (C=O) groups is 1. The molecule has 3 atom stereocenters. The van der Waals surface area contributed by atoms with Gasteiger partial charge in [0, 0.05) is 51.7 Å². The van der Waals surface area contributed by atoms with Gasteiger partial charge < -0.3 is 9.47 Å².